The Kier molecular flexibility index (Phi) is 3.02. The second-order valence-electron chi connectivity index (χ2n) is 1.54. The molecule has 1 radical (unpaired) electrons. The van der Waals surface area contributed by atoms with E-state index in [1.807, 2.05) is 0 Å². The first-order valence-corrected chi connectivity index (χ1v) is 2.12. The molecular weight excluding hydrogens is 107 g/mol. The predicted octanol–water partition coefficient (Wildman–Crippen LogP) is -0.650. The van der Waals surface area contributed by atoms with Crippen LogP contribution in [0.2, 0.25) is 0 Å². The SMILES string of the molecule is CN(C)[B]NC(=O)O. The molecule has 0 aliphatic rings. The summed E-state index contributed by atoms with van der Waals surface area (Å²) < 4.78 is 0. The van der Waals surface area contributed by atoms with Gasteiger partial charge in [-0.2, -0.15) is 0 Å². The molecule has 8 heavy (non-hydrogen) atoms. The average molecular weight is 115 g/mol. The molecule has 0 rings (SSSR count). The van der Waals surface area contributed by atoms with Crippen LogP contribution in [0.1, 0.15) is 0 Å². The van der Waals surface area contributed by atoms with Crippen molar-refractivity contribution in [2.75, 3.05) is 14.1 Å². The van der Waals surface area contributed by atoms with Crippen molar-refractivity contribution >= 4 is 13.6 Å². The molecule has 0 bridgehead atoms. The summed E-state index contributed by atoms with van der Waals surface area (Å²) in [5, 5.41) is 10.1. The van der Waals surface area contributed by atoms with E-state index in [2.05, 4.69) is 5.23 Å². The first-order chi connectivity index (χ1) is 3.63. The number of hydrogen-bond donors (Lipinski definition) is 2. The first-order valence-electron chi connectivity index (χ1n) is 2.12. The van der Waals surface area contributed by atoms with E-state index in [9.17, 15) is 4.79 Å². The summed E-state index contributed by atoms with van der Waals surface area (Å²) in [6.07, 6.45) is -1.04. The van der Waals surface area contributed by atoms with Gasteiger partial charge in [-0.05, 0) is 14.1 Å². The topological polar surface area (TPSA) is 52.6 Å². The monoisotopic (exact) mass is 115 g/mol. The summed E-state index contributed by atoms with van der Waals surface area (Å²) in [6, 6.07) is 0. The number of carbonyl (C=O) groups is 1. The maximum atomic E-state index is 9.73. The lowest BCUT2D eigenvalue weighted by molar-refractivity contribution is 0.200. The van der Waals surface area contributed by atoms with E-state index in [1.165, 1.54) is 7.55 Å². The van der Waals surface area contributed by atoms with Gasteiger partial charge in [0.2, 0.25) is 0 Å². The minimum atomic E-state index is -1.04. The zero-order chi connectivity index (χ0) is 6.57. The van der Waals surface area contributed by atoms with Crippen LogP contribution in [0.15, 0.2) is 0 Å². The predicted molar refractivity (Wildman–Crippen MR) is 30.6 cm³/mol. The Morgan fingerprint density at radius 1 is 1.75 bits per heavy atom. The highest BCUT2D eigenvalue weighted by Gasteiger charge is 1.96. The van der Waals surface area contributed by atoms with Crippen molar-refractivity contribution < 1.29 is 9.90 Å². The second kappa shape index (κ2) is 3.32. The zero-order valence-electron chi connectivity index (χ0n) is 4.88. The maximum Gasteiger partial charge on any atom is 0.393 e. The normalized spacial score (nSPS) is 8.88. The van der Waals surface area contributed by atoms with E-state index in [1.54, 1.807) is 18.9 Å². The zero-order valence-corrected chi connectivity index (χ0v) is 4.88. The molecular formula is C3H8BN2O2. The van der Waals surface area contributed by atoms with Gasteiger partial charge in [0.25, 0.3) is 0 Å². The van der Waals surface area contributed by atoms with Crippen molar-refractivity contribution in [3.8, 4) is 0 Å². The molecule has 0 spiro atoms. The average Bonchev–Trinajstić information content (AvgIpc) is 1.61. The maximum absolute atomic E-state index is 9.73. The number of rotatable bonds is 2. The van der Waals surface area contributed by atoms with Gasteiger partial charge in [-0.15, -0.1) is 0 Å². The lowest BCUT2D eigenvalue weighted by atomic mass is 10.1. The van der Waals surface area contributed by atoms with E-state index < -0.39 is 6.09 Å². The molecule has 0 heterocycles. The smallest absolute Gasteiger partial charge is 0.393 e. The first kappa shape index (κ1) is 7.29. The Morgan fingerprint density at radius 2 is 2.25 bits per heavy atom. The van der Waals surface area contributed by atoms with Gasteiger partial charge in [0.1, 0.15) is 0 Å². The second-order valence-corrected chi connectivity index (χ2v) is 1.54. The molecule has 0 aromatic rings. The molecule has 5 heteroatoms. The van der Waals surface area contributed by atoms with Gasteiger partial charge in [-0.3, -0.25) is 0 Å². The number of nitrogens with zero attached hydrogens (tertiary/aromatic N) is 1. The quantitative estimate of drug-likeness (QED) is 0.470. The molecule has 1 amide bonds. The molecule has 0 saturated carbocycles. The molecule has 0 unspecified atom stereocenters. The van der Waals surface area contributed by atoms with Gasteiger partial charge in [-0.1, -0.05) is 0 Å². The number of carboxylic acid groups (broad SMARTS) is 1. The third-order valence-electron chi connectivity index (χ3n) is 0.446. The van der Waals surface area contributed by atoms with Gasteiger partial charge < -0.3 is 15.1 Å². The minimum Gasteiger partial charge on any atom is -0.466 e. The van der Waals surface area contributed by atoms with Crippen molar-refractivity contribution in [1.82, 2.24) is 10.0 Å². The highest BCUT2D eigenvalue weighted by atomic mass is 16.4. The fourth-order valence-electron chi connectivity index (χ4n) is 0.184. The fourth-order valence-corrected chi connectivity index (χ4v) is 0.184. The summed E-state index contributed by atoms with van der Waals surface area (Å²) >= 11 is 0. The number of nitrogens with one attached hydrogen (secondary N) is 1. The van der Waals surface area contributed by atoms with Gasteiger partial charge in [0.05, 0.1) is 0 Å². The van der Waals surface area contributed by atoms with Crippen LogP contribution in [0.25, 0.3) is 0 Å². The standard InChI is InChI=1S/C3H8BN2O2/c1-6(2)4-5-3(7)8/h5H,1-2H3,(H,7,8). The Labute approximate surface area is 48.8 Å². The van der Waals surface area contributed by atoms with Crippen molar-refractivity contribution in [3.05, 3.63) is 0 Å². The Hall–Kier alpha value is -0.705. The third-order valence-corrected chi connectivity index (χ3v) is 0.446. The molecule has 0 atom stereocenters. The molecule has 0 aromatic heterocycles. The highest BCUT2D eigenvalue weighted by molar-refractivity contribution is 6.32. The largest absolute Gasteiger partial charge is 0.466 e. The van der Waals surface area contributed by atoms with Crippen LogP contribution in [0.3, 0.4) is 0 Å². The van der Waals surface area contributed by atoms with Gasteiger partial charge in [0, 0.05) is 0 Å². The summed E-state index contributed by atoms with van der Waals surface area (Å²) in [6.45, 7) is 0. The van der Waals surface area contributed by atoms with Crippen LogP contribution >= 0.6 is 0 Å². The van der Waals surface area contributed by atoms with Crippen molar-refractivity contribution in [2.45, 2.75) is 0 Å². The summed E-state index contributed by atoms with van der Waals surface area (Å²) in [7, 11) is 4.81. The lowest BCUT2D eigenvalue weighted by Crippen LogP contribution is -2.35. The molecule has 45 valence electrons. The highest BCUT2D eigenvalue weighted by Crippen LogP contribution is 1.62. The molecule has 0 fully saturated rings. The Bertz CT molecular complexity index is 85.4. The van der Waals surface area contributed by atoms with Gasteiger partial charge >= 0.3 is 13.6 Å². The Balaban J connectivity index is 3.05. The lowest BCUT2D eigenvalue weighted by Gasteiger charge is -2.03. The van der Waals surface area contributed by atoms with E-state index in [0.717, 1.165) is 0 Å². The minimum absolute atomic E-state index is 1.04. The van der Waals surface area contributed by atoms with Crippen LogP contribution in [-0.4, -0.2) is 37.7 Å². The van der Waals surface area contributed by atoms with Gasteiger partial charge in [-0.25, -0.2) is 4.79 Å². The van der Waals surface area contributed by atoms with Crippen LogP contribution in [0, 0.1) is 0 Å². The van der Waals surface area contributed by atoms with Crippen LogP contribution in [0.5, 0.6) is 0 Å². The number of hydrogen-bond acceptors (Lipinski definition) is 2. The summed E-state index contributed by atoms with van der Waals surface area (Å²) in [5.41, 5.74) is 0. The van der Waals surface area contributed by atoms with E-state index in [-0.39, 0.29) is 0 Å². The van der Waals surface area contributed by atoms with Crippen molar-refractivity contribution in [3.63, 3.8) is 0 Å². The van der Waals surface area contributed by atoms with E-state index >= 15 is 0 Å². The number of amides is 1. The molecule has 2 N–H and O–H groups in total. The molecule has 0 aliphatic heterocycles. The van der Waals surface area contributed by atoms with Crippen LogP contribution in [-0.2, 0) is 0 Å². The van der Waals surface area contributed by atoms with E-state index in [4.69, 9.17) is 5.11 Å². The summed E-state index contributed by atoms with van der Waals surface area (Å²) in [5.74, 6) is 0. The third kappa shape index (κ3) is 5.29. The molecule has 0 aliphatic carbocycles. The molecule has 0 aromatic carbocycles. The van der Waals surface area contributed by atoms with Crippen LogP contribution in [0.4, 0.5) is 4.79 Å². The van der Waals surface area contributed by atoms with Crippen LogP contribution < -0.4 is 5.23 Å². The summed E-state index contributed by atoms with van der Waals surface area (Å²) in [4.78, 5) is 11.3. The Morgan fingerprint density at radius 3 is 2.38 bits per heavy atom. The fraction of sp³-hybridized carbons (Fsp3) is 0.667. The van der Waals surface area contributed by atoms with Gasteiger partial charge in [0.15, 0.2) is 0 Å². The van der Waals surface area contributed by atoms with Crippen molar-refractivity contribution in [1.29, 1.82) is 0 Å². The van der Waals surface area contributed by atoms with Crippen molar-refractivity contribution in [2.24, 2.45) is 0 Å². The molecule has 0 saturated heterocycles. The van der Waals surface area contributed by atoms with E-state index in [0.29, 0.717) is 0 Å². The molecule has 4 nitrogen and oxygen atoms in total.